The van der Waals surface area contributed by atoms with Crippen LogP contribution >= 0.6 is 0 Å². The first kappa shape index (κ1) is 13.2. The number of benzene rings is 2. The predicted octanol–water partition coefficient (Wildman–Crippen LogP) is 2.71. The van der Waals surface area contributed by atoms with Crippen LogP contribution in [0.2, 0.25) is 0 Å². The molecule has 0 saturated heterocycles. The van der Waals surface area contributed by atoms with Crippen LogP contribution < -0.4 is 10.6 Å². The number of rotatable bonds is 2. The van der Waals surface area contributed by atoms with Gasteiger partial charge in [0, 0.05) is 11.3 Å². The van der Waals surface area contributed by atoms with E-state index in [0.29, 0.717) is 5.69 Å². The largest absolute Gasteiger partial charge is 0.326 e. The van der Waals surface area contributed by atoms with Crippen molar-refractivity contribution < 1.29 is 18.4 Å². The van der Waals surface area contributed by atoms with Crippen molar-refractivity contribution in [2.24, 2.45) is 0 Å². The first-order chi connectivity index (χ1) is 10.0. The molecule has 1 heterocycles. The van der Waals surface area contributed by atoms with Gasteiger partial charge in [-0.05, 0) is 29.8 Å². The highest BCUT2D eigenvalue weighted by atomic mass is 19.2. The van der Waals surface area contributed by atoms with E-state index in [4.69, 9.17) is 0 Å². The minimum absolute atomic E-state index is 0.140. The van der Waals surface area contributed by atoms with Crippen molar-refractivity contribution in [3.8, 4) is 0 Å². The van der Waals surface area contributed by atoms with E-state index in [0.717, 1.165) is 11.6 Å². The highest BCUT2D eigenvalue weighted by Crippen LogP contribution is 2.25. The highest BCUT2D eigenvalue weighted by molar-refractivity contribution is 6.07. The molecule has 0 fully saturated rings. The van der Waals surface area contributed by atoms with E-state index in [2.05, 4.69) is 10.6 Å². The molecule has 2 N–H and O–H groups in total. The summed E-state index contributed by atoms with van der Waals surface area (Å²) in [6.07, 6.45) is 0.274. The Balaban J connectivity index is 1.85. The lowest BCUT2D eigenvalue weighted by Crippen LogP contribution is -2.13. The van der Waals surface area contributed by atoms with Gasteiger partial charge in [0.2, 0.25) is 5.91 Å². The zero-order chi connectivity index (χ0) is 15.0. The number of carbonyl (C=O) groups excluding carboxylic acids is 2. The first-order valence-electron chi connectivity index (χ1n) is 6.23. The van der Waals surface area contributed by atoms with Crippen LogP contribution in [0.3, 0.4) is 0 Å². The lowest BCUT2D eigenvalue weighted by Gasteiger charge is -2.08. The van der Waals surface area contributed by atoms with Gasteiger partial charge in [-0.3, -0.25) is 9.59 Å². The molecule has 6 heteroatoms. The van der Waals surface area contributed by atoms with Crippen LogP contribution in [0.25, 0.3) is 0 Å². The Bertz CT molecular complexity index is 759. The van der Waals surface area contributed by atoms with Crippen LogP contribution in [0.15, 0.2) is 36.4 Å². The molecule has 21 heavy (non-hydrogen) atoms. The van der Waals surface area contributed by atoms with E-state index >= 15 is 0 Å². The second-order valence-electron chi connectivity index (χ2n) is 4.65. The smallest absolute Gasteiger partial charge is 0.255 e. The Kier molecular flexibility index (Phi) is 3.13. The molecule has 1 aliphatic rings. The van der Waals surface area contributed by atoms with Crippen molar-refractivity contribution in [2.75, 3.05) is 10.6 Å². The quantitative estimate of drug-likeness (QED) is 0.892. The maximum Gasteiger partial charge on any atom is 0.255 e. The molecule has 2 amide bonds. The SMILES string of the molecule is O=C1Cc2ccc(C(=O)Nc3cccc(F)c3F)cc2N1. The van der Waals surface area contributed by atoms with Crippen LogP contribution in [0, 0.1) is 11.6 Å². The molecule has 2 aromatic carbocycles. The average molecular weight is 288 g/mol. The average Bonchev–Trinajstić information content (AvgIpc) is 2.82. The van der Waals surface area contributed by atoms with Crippen LogP contribution in [0.1, 0.15) is 15.9 Å². The van der Waals surface area contributed by atoms with Gasteiger partial charge in [0.15, 0.2) is 11.6 Å². The lowest BCUT2D eigenvalue weighted by atomic mass is 10.1. The number of nitrogens with one attached hydrogen (secondary N) is 2. The Morgan fingerprint density at radius 2 is 2.00 bits per heavy atom. The third-order valence-electron chi connectivity index (χ3n) is 3.20. The topological polar surface area (TPSA) is 58.2 Å². The van der Waals surface area contributed by atoms with E-state index in [1.807, 2.05) is 0 Å². The fourth-order valence-corrected chi connectivity index (χ4v) is 2.15. The number of hydrogen-bond donors (Lipinski definition) is 2. The molecule has 3 rings (SSSR count). The Morgan fingerprint density at radius 3 is 2.81 bits per heavy atom. The molecular formula is C15H10F2N2O2. The van der Waals surface area contributed by atoms with Crippen LogP contribution in [0.5, 0.6) is 0 Å². The maximum absolute atomic E-state index is 13.5. The van der Waals surface area contributed by atoms with Gasteiger partial charge >= 0.3 is 0 Å². The predicted molar refractivity (Wildman–Crippen MR) is 73.1 cm³/mol. The minimum atomic E-state index is -1.11. The highest BCUT2D eigenvalue weighted by Gasteiger charge is 2.19. The monoisotopic (exact) mass is 288 g/mol. The van der Waals surface area contributed by atoms with Crippen molar-refractivity contribution in [3.05, 3.63) is 59.2 Å². The van der Waals surface area contributed by atoms with Gasteiger partial charge in [-0.15, -0.1) is 0 Å². The molecule has 4 nitrogen and oxygen atoms in total. The Labute approximate surface area is 118 Å². The number of halogens is 2. The van der Waals surface area contributed by atoms with E-state index in [1.54, 1.807) is 6.07 Å². The number of amides is 2. The second kappa shape index (κ2) is 4.97. The van der Waals surface area contributed by atoms with Crippen molar-refractivity contribution >= 4 is 23.2 Å². The summed E-state index contributed by atoms with van der Waals surface area (Å²) in [7, 11) is 0. The summed E-state index contributed by atoms with van der Waals surface area (Å²) in [5, 5.41) is 4.93. The molecule has 2 aromatic rings. The summed E-state index contributed by atoms with van der Waals surface area (Å²) >= 11 is 0. The minimum Gasteiger partial charge on any atom is -0.326 e. The van der Waals surface area contributed by atoms with Crippen molar-refractivity contribution in [1.29, 1.82) is 0 Å². The molecule has 0 saturated carbocycles. The maximum atomic E-state index is 13.5. The van der Waals surface area contributed by atoms with Gasteiger partial charge < -0.3 is 10.6 Å². The summed E-state index contributed by atoms with van der Waals surface area (Å²) in [4.78, 5) is 23.3. The molecule has 0 atom stereocenters. The summed E-state index contributed by atoms with van der Waals surface area (Å²) in [5.74, 6) is -2.86. The van der Waals surface area contributed by atoms with Gasteiger partial charge in [0.05, 0.1) is 12.1 Å². The number of carbonyl (C=O) groups is 2. The third-order valence-corrected chi connectivity index (χ3v) is 3.20. The molecule has 0 unspecified atom stereocenters. The summed E-state index contributed by atoms with van der Waals surface area (Å²) in [6.45, 7) is 0. The summed E-state index contributed by atoms with van der Waals surface area (Å²) < 4.78 is 26.6. The first-order valence-corrected chi connectivity index (χ1v) is 6.23. The summed E-state index contributed by atoms with van der Waals surface area (Å²) in [5.41, 5.74) is 1.38. The zero-order valence-electron chi connectivity index (χ0n) is 10.7. The number of fused-ring (bicyclic) bond motifs is 1. The fraction of sp³-hybridized carbons (Fsp3) is 0.0667. The van der Waals surface area contributed by atoms with Gasteiger partial charge in [-0.1, -0.05) is 12.1 Å². The molecule has 106 valence electrons. The molecule has 0 aliphatic carbocycles. The lowest BCUT2D eigenvalue weighted by molar-refractivity contribution is -0.115. The van der Waals surface area contributed by atoms with Crippen LogP contribution in [-0.4, -0.2) is 11.8 Å². The van der Waals surface area contributed by atoms with Crippen molar-refractivity contribution in [2.45, 2.75) is 6.42 Å². The molecule has 0 radical (unpaired) electrons. The van der Waals surface area contributed by atoms with Crippen molar-refractivity contribution in [3.63, 3.8) is 0 Å². The number of anilines is 2. The fourth-order valence-electron chi connectivity index (χ4n) is 2.15. The second-order valence-corrected chi connectivity index (χ2v) is 4.65. The Hall–Kier alpha value is -2.76. The van der Waals surface area contributed by atoms with Gasteiger partial charge in [0.1, 0.15) is 0 Å². The number of hydrogen-bond acceptors (Lipinski definition) is 2. The van der Waals surface area contributed by atoms with Gasteiger partial charge in [0.25, 0.3) is 5.91 Å². The van der Waals surface area contributed by atoms with Crippen LogP contribution in [-0.2, 0) is 11.2 Å². The van der Waals surface area contributed by atoms with Crippen molar-refractivity contribution in [1.82, 2.24) is 0 Å². The zero-order valence-corrected chi connectivity index (χ0v) is 10.7. The van der Waals surface area contributed by atoms with E-state index in [1.165, 1.54) is 24.3 Å². The third kappa shape index (κ3) is 2.47. The summed E-state index contributed by atoms with van der Waals surface area (Å²) in [6, 6.07) is 8.24. The van der Waals surface area contributed by atoms with Crippen LogP contribution in [0.4, 0.5) is 20.2 Å². The molecule has 0 spiro atoms. The Morgan fingerprint density at radius 1 is 1.19 bits per heavy atom. The van der Waals surface area contributed by atoms with E-state index in [9.17, 15) is 18.4 Å². The molecule has 0 bridgehead atoms. The normalized spacial score (nSPS) is 12.8. The van der Waals surface area contributed by atoms with Gasteiger partial charge in [-0.25, -0.2) is 8.78 Å². The van der Waals surface area contributed by atoms with E-state index < -0.39 is 17.5 Å². The molecule has 1 aliphatic heterocycles. The standard InChI is InChI=1S/C15H10F2N2O2/c16-10-2-1-3-11(14(10)17)19-15(21)9-5-4-8-7-13(20)18-12(8)6-9/h1-6H,7H2,(H,18,20)(H,19,21). The molecular weight excluding hydrogens is 278 g/mol. The van der Waals surface area contributed by atoms with E-state index in [-0.39, 0.29) is 23.6 Å². The van der Waals surface area contributed by atoms with Gasteiger partial charge in [-0.2, -0.15) is 0 Å². The molecule has 0 aromatic heterocycles.